The first-order valence-corrected chi connectivity index (χ1v) is 8.03. The van der Waals surface area contributed by atoms with Gasteiger partial charge in [-0.25, -0.2) is 9.50 Å². The molecule has 0 aliphatic heterocycles. The smallest absolute Gasteiger partial charge is 0.276 e. The number of hydrogen-bond acceptors (Lipinski definition) is 4. The molecule has 0 atom stereocenters. The number of nitrogens with zero attached hydrogens (tertiary/aromatic N) is 3. The fourth-order valence-electron chi connectivity index (χ4n) is 2.56. The molecule has 0 saturated heterocycles. The summed E-state index contributed by atoms with van der Waals surface area (Å²) in [4.78, 5) is 17.0. The number of carbonyl (C=O) groups is 1. The minimum absolute atomic E-state index is 0.296. The van der Waals surface area contributed by atoms with E-state index < -0.39 is 0 Å². The zero-order chi connectivity index (χ0) is 16.7. The highest BCUT2D eigenvalue weighted by Crippen LogP contribution is 2.39. The second-order valence-electron chi connectivity index (χ2n) is 5.76. The fourth-order valence-corrected chi connectivity index (χ4v) is 2.73. The monoisotopic (exact) mass is 342 g/mol. The van der Waals surface area contributed by atoms with Gasteiger partial charge >= 0.3 is 0 Å². The summed E-state index contributed by atoms with van der Waals surface area (Å²) < 4.78 is 6.89. The van der Waals surface area contributed by atoms with Gasteiger partial charge in [-0.3, -0.25) is 4.79 Å². The third-order valence-electron chi connectivity index (χ3n) is 3.98. The van der Waals surface area contributed by atoms with Crippen LogP contribution in [0.4, 0.5) is 5.69 Å². The summed E-state index contributed by atoms with van der Waals surface area (Å²) in [6.07, 6.45) is 4.24. The van der Waals surface area contributed by atoms with Gasteiger partial charge in [0, 0.05) is 10.9 Å². The molecule has 0 unspecified atom stereocenters. The van der Waals surface area contributed by atoms with Crippen molar-refractivity contribution in [2.75, 3.05) is 12.4 Å². The number of methoxy groups -OCH3 is 1. The standard InChI is InChI=1S/C17H15ClN4O2/c1-24-15-6-4-11(18)8-13(15)20-17(23)12-5-7-16-19-14(10-2-3-10)9-22(16)21-12/h4-10H,2-3H2,1H3,(H,20,23). The van der Waals surface area contributed by atoms with E-state index >= 15 is 0 Å². The highest BCUT2D eigenvalue weighted by atomic mass is 35.5. The number of carbonyl (C=O) groups excluding carboxylic acids is 1. The maximum Gasteiger partial charge on any atom is 0.276 e. The van der Waals surface area contributed by atoms with Crippen molar-refractivity contribution in [1.82, 2.24) is 14.6 Å². The van der Waals surface area contributed by atoms with E-state index in [1.54, 1.807) is 34.8 Å². The van der Waals surface area contributed by atoms with E-state index in [0.29, 0.717) is 28.1 Å². The first-order valence-electron chi connectivity index (χ1n) is 7.65. The first-order chi connectivity index (χ1) is 11.6. The van der Waals surface area contributed by atoms with Gasteiger partial charge in [0.1, 0.15) is 11.4 Å². The van der Waals surface area contributed by atoms with Gasteiger partial charge in [-0.1, -0.05) is 11.6 Å². The molecule has 1 fully saturated rings. The molecule has 1 aromatic carbocycles. The minimum atomic E-state index is -0.334. The van der Waals surface area contributed by atoms with Crippen molar-refractivity contribution in [1.29, 1.82) is 0 Å². The summed E-state index contributed by atoms with van der Waals surface area (Å²) in [5, 5.41) is 7.64. The fraction of sp³-hybridized carbons (Fsp3) is 0.235. The Bertz CT molecular complexity index is 933. The number of aromatic nitrogens is 3. The maximum atomic E-state index is 12.5. The Morgan fingerprint density at radius 2 is 2.17 bits per heavy atom. The molecule has 1 amide bonds. The van der Waals surface area contributed by atoms with Gasteiger partial charge in [-0.2, -0.15) is 5.10 Å². The molecule has 0 bridgehead atoms. The van der Waals surface area contributed by atoms with Crippen LogP contribution in [-0.4, -0.2) is 27.6 Å². The molecule has 1 saturated carbocycles. The number of benzene rings is 1. The zero-order valence-electron chi connectivity index (χ0n) is 13.0. The Hall–Kier alpha value is -2.60. The Kier molecular flexibility index (Phi) is 3.61. The van der Waals surface area contributed by atoms with E-state index in [2.05, 4.69) is 15.4 Å². The summed E-state index contributed by atoms with van der Waals surface area (Å²) in [5.74, 6) is 0.742. The predicted molar refractivity (Wildman–Crippen MR) is 90.9 cm³/mol. The third kappa shape index (κ3) is 2.80. The summed E-state index contributed by atoms with van der Waals surface area (Å²) in [6, 6.07) is 8.49. The number of imidazole rings is 1. The minimum Gasteiger partial charge on any atom is -0.495 e. The highest BCUT2D eigenvalue weighted by molar-refractivity contribution is 6.31. The largest absolute Gasteiger partial charge is 0.495 e. The summed E-state index contributed by atoms with van der Waals surface area (Å²) in [6.45, 7) is 0. The van der Waals surface area contributed by atoms with Crippen molar-refractivity contribution in [3.8, 4) is 5.75 Å². The molecular formula is C17H15ClN4O2. The lowest BCUT2D eigenvalue weighted by Gasteiger charge is -2.10. The van der Waals surface area contributed by atoms with Crippen molar-refractivity contribution in [3.63, 3.8) is 0 Å². The summed E-state index contributed by atoms with van der Waals surface area (Å²) >= 11 is 5.98. The zero-order valence-corrected chi connectivity index (χ0v) is 13.7. The van der Waals surface area contributed by atoms with Gasteiger partial charge < -0.3 is 10.1 Å². The normalized spacial score (nSPS) is 13.9. The van der Waals surface area contributed by atoms with E-state index in [9.17, 15) is 4.79 Å². The van der Waals surface area contributed by atoms with Crippen LogP contribution in [0.5, 0.6) is 5.75 Å². The topological polar surface area (TPSA) is 68.5 Å². The Labute approximate surface area is 143 Å². The van der Waals surface area contributed by atoms with E-state index in [0.717, 1.165) is 11.3 Å². The number of hydrogen-bond donors (Lipinski definition) is 1. The molecule has 6 nitrogen and oxygen atoms in total. The van der Waals surface area contributed by atoms with Crippen LogP contribution in [-0.2, 0) is 0 Å². The molecule has 7 heteroatoms. The van der Waals surface area contributed by atoms with Crippen molar-refractivity contribution >= 4 is 28.8 Å². The van der Waals surface area contributed by atoms with Crippen LogP contribution < -0.4 is 10.1 Å². The summed E-state index contributed by atoms with van der Waals surface area (Å²) in [7, 11) is 1.54. The Balaban J connectivity index is 1.62. The molecule has 4 rings (SSSR count). The molecule has 1 aliphatic rings. The molecule has 2 heterocycles. The second kappa shape index (κ2) is 5.79. The van der Waals surface area contributed by atoms with Crippen LogP contribution in [0.1, 0.15) is 34.9 Å². The number of fused-ring (bicyclic) bond motifs is 1. The molecule has 3 aromatic rings. The molecule has 1 aliphatic carbocycles. The lowest BCUT2D eigenvalue weighted by atomic mass is 10.2. The van der Waals surface area contributed by atoms with Crippen LogP contribution in [0, 0.1) is 0 Å². The highest BCUT2D eigenvalue weighted by Gasteiger charge is 2.26. The van der Waals surface area contributed by atoms with Gasteiger partial charge in [-0.05, 0) is 43.2 Å². The number of ether oxygens (including phenoxy) is 1. The SMILES string of the molecule is COc1ccc(Cl)cc1NC(=O)c1ccc2nc(C3CC3)cn2n1. The van der Waals surface area contributed by atoms with E-state index in [1.807, 2.05) is 6.20 Å². The Morgan fingerprint density at radius 3 is 2.92 bits per heavy atom. The molecule has 122 valence electrons. The molecule has 2 aromatic heterocycles. The molecule has 0 spiro atoms. The average molecular weight is 343 g/mol. The summed E-state index contributed by atoms with van der Waals surface area (Å²) in [5.41, 5.74) is 2.58. The maximum absolute atomic E-state index is 12.5. The Morgan fingerprint density at radius 1 is 1.33 bits per heavy atom. The third-order valence-corrected chi connectivity index (χ3v) is 4.21. The lowest BCUT2D eigenvalue weighted by molar-refractivity contribution is 0.102. The number of rotatable bonds is 4. The van der Waals surface area contributed by atoms with Crippen LogP contribution >= 0.6 is 11.6 Å². The number of nitrogens with one attached hydrogen (secondary N) is 1. The average Bonchev–Trinajstić information content (AvgIpc) is 3.34. The van der Waals surface area contributed by atoms with Gasteiger partial charge in [0.15, 0.2) is 5.65 Å². The van der Waals surface area contributed by atoms with Crippen LogP contribution in [0.15, 0.2) is 36.5 Å². The predicted octanol–water partition coefficient (Wildman–Crippen LogP) is 3.52. The van der Waals surface area contributed by atoms with Crippen LogP contribution in [0.25, 0.3) is 5.65 Å². The van der Waals surface area contributed by atoms with Gasteiger partial charge in [0.05, 0.1) is 24.7 Å². The van der Waals surface area contributed by atoms with Gasteiger partial charge in [-0.15, -0.1) is 0 Å². The molecular weight excluding hydrogens is 328 g/mol. The molecule has 0 radical (unpaired) electrons. The number of amides is 1. The van der Waals surface area contributed by atoms with Crippen molar-refractivity contribution in [3.05, 3.63) is 52.9 Å². The first kappa shape index (κ1) is 15.0. The van der Waals surface area contributed by atoms with Crippen molar-refractivity contribution in [2.24, 2.45) is 0 Å². The second-order valence-corrected chi connectivity index (χ2v) is 6.20. The van der Waals surface area contributed by atoms with Crippen molar-refractivity contribution in [2.45, 2.75) is 18.8 Å². The van der Waals surface area contributed by atoms with E-state index in [1.165, 1.54) is 20.0 Å². The van der Waals surface area contributed by atoms with Gasteiger partial charge in [0.2, 0.25) is 0 Å². The van der Waals surface area contributed by atoms with Crippen LogP contribution in [0.2, 0.25) is 5.02 Å². The lowest BCUT2D eigenvalue weighted by Crippen LogP contribution is -2.15. The van der Waals surface area contributed by atoms with Crippen LogP contribution in [0.3, 0.4) is 0 Å². The van der Waals surface area contributed by atoms with E-state index in [-0.39, 0.29) is 5.91 Å². The number of anilines is 1. The number of halogens is 1. The van der Waals surface area contributed by atoms with Gasteiger partial charge in [0.25, 0.3) is 5.91 Å². The molecule has 1 N–H and O–H groups in total. The molecule has 24 heavy (non-hydrogen) atoms. The van der Waals surface area contributed by atoms with Crippen molar-refractivity contribution < 1.29 is 9.53 Å². The van der Waals surface area contributed by atoms with E-state index in [4.69, 9.17) is 16.3 Å². The quantitative estimate of drug-likeness (QED) is 0.787.